The van der Waals surface area contributed by atoms with Gasteiger partial charge in [0.1, 0.15) is 12.3 Å². The maximum absolute atomic E-state index is 11.1. The first-order valence-corrected chi connectivity index (χ1v) is 4.76. The molecule has 1 fully saturated rings. The van der Waals surface area contributed by atoms with Gasteiger partial charge in [0, 0.05) is 18.6 Å². The monoisotopic (exact) mass is 271 g/mol. The molecule has 1 amide bonds. The Labute approximate surface area is 110 Å². The molecule has 17 heavy (non-hydrogen) atoms. The van der Waals surface area contributed by atoms with E-state index >= 15 is 0 Å². The molecule has 1 aromatic rings. The van der Waals surface area contributed by atoms with Crippen LogP contribution in [-0.2, 0) is 28.1 Å². The Bertz CT molecular complexity index is 427. The minimum absolute atomic E-state index is 0. The summed E-state index contributed by atoms with van der Waals surface area (Å²) in [4.78, 5) is 22.8. The van der Waals surface area contributed by atoms with Crippen LogP contribution in [0.1, 0.15) is 5.76 Å². The first-order chi connectivity index (χ1) is 7.66. The van der Waals surface area contributed by atoms with Crippen molar-refractivity contribution in [2.24, 2.45) is 0 Å². The second-order valence-corrected chi connectivity index (χ2v) is 3.39. The van der Waals surface area contributed by atoms with Crippen molar-refractivity contribution in [3.05, 3.63) is 36.7 Å². The van der Waals surface area contributed by atoms with Crippen LogP contribution in [0.15, 0.2) is 28.9 Å². The van der Waals surface area contributed by atoms with Crippen molar-refractivity contribution in [1.29, 1.82) is 0 Å². The van der Waals surface area contributed by atoms with E-state index in [1.165, 1.54) is 11.3 Å². The molecule has 1 radical (unpaired) electrons. The molecule has 2 heterocycles. The average molecular weight is 271 g/mol. The molecule has 1 aromatic heterocycles. The van der Waals surface area contributed by atoms with Crippen LogP contribution in [0.25, 0.3) is 6.08 Å². The molecule has 1 atom stereocenters. The van der Waals surface area contributed by atoms with Crippen molar-refractivity contribution < 1.29 is 37.7 Å². The number of carboxylic acids is 1. The zero-order chi connectivity index (χ0) is 11.5. The summed E-state index contributed by atoms with van der Waals surface area (Å²) < 4.78 is 5.08. The molecule has 6 heteroatoms. The quantitative estimate of drug-likeness (QED) is 0.649. The van der Waals surface area contributed by atoms with Crippen LogP contribution in [-0.4, -0.2) is 34.5 Å². The number of likely N-dealkylation sites (tertiary alicyclic amines) is 1. The van der Waals surface area contributed by atoms with Gasteiger partial charge in [-0.3, -0.25) is 11.2 Å². The topological polar surface area (TPSA) is 70.8 Å². The number of furan rings is 1. The average Bonchev–Trinajstić information content (AvgIpc) is 2.73. The number of aliphatic carboxylic acids is 1. The molecule has 1 aliphatic rings. The fourth-order valence-corrected chi connectivity index (χ4v) is 1.46. The predicted molar refractivity (Wildman–Crippen MR) is 55.2 cm³/mol. The Morgan fingerprint density at radius 2 is 2.41 bits per heavy atom. The van der Waals surface area contributed by atoms with Gasteiger partial charge in [0.25, 0.3) is 0 Å². The fraction of sp³-hybridized carbons (Fsp3) is 0.182. The van der Waals surface area contributed by atoms with Gasteiger partial charge in [-0.25, -0.2) is 0 Å². The van der Waals surface area contributed by atoms with Crippen molar-refractivity contribution >= 4 is 18.0 Å². The molecule has 5 nitrogen and oxygen atoms in total. The Kier molecular flexibility index (Phi) is 4.48. The van der Waals surface area contributed by atoms with E-state index < -0.39 is 5.97 Å². The van der Waals surface area contributed by atoms with E-state index in [0.717, 1.165) is 0 Å². The van der Waals surface area contributed by atoms with Crippen molar-refractivity contribution in [2.75, 3.05) is 6.54 Å². The first-order valence-electron chi connectivity index (χ1n) is 4.76. The number of hydrogen-bond donors (Lipinski definition) is 1. The van der Waals surface area contributed by atoms with Gasteiger partial charge in [0.2, 0.25) is 0 Å². The zero-order valence-corrected chi connectivity index (χ0v) is 10.2. The Morgan fingerprint density at radius 3 is 2.94 bits per heavy atom. The number of carboxylic acid groups (broad SMARTS) is 1. The summed E-state index contributed by atoms with van der Waals surface area (Å²) in [5.41, 5.74) is 0. The molecule has 1 saturated heterocycles. The van der Waals surface area contributed by atoms with Gasteiger partial charge in [0.15, 0.2) is 0 Å². The van der Waals surface area contributed by atoms with E-state index in [0.29, 0.717) is 5.76 Å². The van der Waals surface area contributed by atoms with E-state index in [-0.39, 0.29) is 37.0 Å². The van der Waals surface area contributed by atoms with E-state index in [4.69, 9.17) is 9.52 Å². The van der Waals surface area contributed by atoms with Crippen LogP contribution in [0.3, 0.4) is 0 Å². The zero-order valence-electron chi connectivity index (χ0n) is 8.81. The van der Waals surface area contributed by atoms with Crippen LogP contribution in [0.2, 0.25) is 0 Å². The molecule has 2 rings (SSSR count). The Morgan fingerprint density at radius 1 is 1.65 bits per heavy atom. The number of carbonyl (C=O) groups is 2. The summed E-state index contributed by atoms with van der Waals surface area (Å²) in [6, 6.07) is 3.27. The maximum atomic E-state index is 11.1. The number of rotatable bonds is 4. The van der Waals surface area contributed by atoms with Gasteiger partial charge in [-0.2, -0.15) is 0 Å². The second kappa shape index (κ2) is 5.66. The SMILES string of the molecule is O=C(O)CN1C(=O)[CH-][C@H]1/C=C/c1ccco1.[V]. The largest absolute Gasteiger partial charge is 0.480 e. The van der Waals surface area contributed by atoms with E-state index in [1.54, 1.807) is 30.5 Å². The van der Waals surface area contributed by atoms with E-state index in [1.807, 2.05) is 0 Å². The van der Waals surface area contributed by atoms with Crippen LogP contribution < -0.4 is 0 Å². The second-order valence-electron chi connectivity index (χ2n) is 3.39. The minimum atomic E-state index is -1.02. The smallest absolute Gasteiger partial charge is 0.323 e. The molecule has 89 valence electrons. The molecule has 0 aromatic carbocycles. The first kappa shape index (κ1) is 13.5. The maximum Gasteiger partial charge on any atom is 0.323 e. The van der Waals surface area contributed by atoms with Gasteiger partial charge < -0.3 is 19.2 Å². The summed E-state index contributed by atoms with van der Waals surface area (Å²) in [6.45, 7) is -0.275. The van der Waals surface area contributed by atoms with Crippen molar-refractivity contribution in [3.63, 3.8) is 0 Å². The molecule has 0 spiro atoms. The number of carbonyl (C=O) groups excluding carboxylic acids is 1. The third kappa shape index (κ3) is 3.18. The summed E-state index contributed by atoms with van der Waals surface area (Å²) in [5.74, 6) is -0.600. The Hall–Kier alpha value is -1.59. The summed E-state index contributed by atoms with van der Waals surface area (Å²) >= 11 is 0. The molecule has 0 bridgehead atoms. The van der Waals surface area contributed by atoms with Crippen LogP contribution in [0.5, 0.6) is 0 Å². The molecule has 1 aliphatic heterocycles. The third-order valence-corrected chi connectivity index (χ3v) is 2.26. The molecule has 0 saturated carbocycles. The Balaban J connectivity index is 0.00000144. The number of amides is 1. The molecule has 1 N–H and O–H groups in total. The van der Waals surface area contributed by atoms with Gasteiger partial charge in [0.05, 0.1) is 12.2 Å². The van der Waals surface area contributed by atoms with Gasteiger partial charge in [-0.1, -0.05) is 12.1 Å². The summed E-state index contributed by atoms with van der Waals surface area (Å²) in [6.07, 6.45) is 6.44. The molecular weight excluding hydrogens is 261 g/mol. The van der Waals surface area contributed by atoms with Crippen LogP contribution >= 0.6 is 0 Å². The number of β-lactam (4-membered cyclic amide) rings is 1. The number of hydrogen-bond acceptors (Lipinski definition) is 3. The fourth-order valence-electron chi connectivity index (χ4n) is 1.46. The standard InChI is InChI=1S/C11H10NO4.V/c13-10-6-8(12(10)7-11(14)15)3-4-9-2-1-5-16-9;/h1-6,8H,7H2,(H,14,15);/q-1;/b4-3+;/t8-;/m1./s1. The molecule has 0 aliphatic carbocycles. The normalized spacial score (nSPS) is 18.5. The van der Waals surface area contributed by atoms with Gasteiger partial charge in [-0.15, -0.1) is 0 Å². The summed E-state index contributed by atoms with van der Waals surface area (Å²) in [7, 11) is 0. The van der Waals surface area contributed by atoms with E-state index in [2.05, 4.69) is 0 Å². The minimum Gasteiger partial charge on any atom is -0.480 e. The summed E-state index contributed by atoms with van der Waals surface area (Å²) in [5, 5.41) is 8.59. The number of nitrogens with zero attached hydrogens (tertiary/aromatic N) is 1. The van der Waals surface area contributed by atoms with Crippen molar-refractivity contribution in [1.82, 2.24) is 4.90 Å². The van der Waals surface area contributed by atoms with E-state index in [9.17, 15) is 9.59 Å². The van der Waals surface area contributed by atoms with Gasteiger partial charge >= 0.3 is 5.97 Å². The van der Waals surface area contributed by atoms with Crippen LogP contribution in [0, 0.1) is 6.42 Å². The molecular formula is C11H10NO4V-. The molecule has 0 unspecified atom stereocenters. The van der Waals surface area contributed by atoms with Crippen LogP contribution in [0.4, 0.5) is 0 Å². The van der Waals surface area contributed by atoms with Crippen molar-refractivity contribution in [3.8, 4) is 0 Å². The van der Waals surface area contributed by atoms with Crippen molar-refractivity contribution in [2.45, 2.75) is 6.04 Å². The third-order valence-electron chi connectivity index (χ3n) is 2.26. The predicted octanol–water partition coefficient (Wildman–Crippen LogP) is 0.790. The van der Waals surface area contributed by atoms with Gasteiger partial charge in [-0.05, 0) is 18.2 Å².